The lowest BCUT2D eigenvalue weighted by Gasteiger charge is -2.39. The standard InChI is InChI=1S/C14H17ClN2O.C3H8/c1-9-4-10-2-3-13(15)5-11(10)8-17(9)14(18)12-6-16-7-12;1-3-2/h2-3,5,9,12,16H,4,6-8H2,1H3;3H2,1-2H3. The van der Waals surface area contributed by atoms with E-state index >= 15 is 0 Å². The van der Waals surface area contributed by atoms with E-state index in [1.165, 1.54) is 17.5 Å². The minimum Gasteiger partial charge on any atom is -0.335 e. The van der Waals surface area contributed by atoms with Crippen LogP contribution in [-0.2, 0) is 17.8 Å². The van der Waals surface area contributed by atoms with E-state index in [1.807, 2.05) is 17.0 Å². The Labute approximate surface area is 132 Å². The van der Waals surface area contributed by atoms with Crippen molar-refractivity contribution in [3.63, 3.8) is 0 Å². The van der Waals surface area contributed by atoms with Crippen molar-refractivity contribution in [2.75, 3.05) is 13.1 Å². The molecule has 2 aliphatic heterocycles. The number of rotatable bonds is 1. The van der Waals surface area contributed by atoms with Gasteiger partial charge in [-0.25, -0.2) is 0 Å². The molecule has 0 radical (unpaired) electrons. The van der Waals surface area contributed by atoms with E-state index in [-0.39, 0.29) is 17.9 Å². The Hall–Kier alpha value is -1.06. The molecule has 0 aliphatic carbocycles. The summed E-state index contributed by atoms with van der Waals surface area (Å²) in [6.45, 7) is 8.73. The quantitative estimate of drug-likeness (QED) is 0.864. The summed E-state index contributed by atoms with van der Waals surface area (Å²) in [6, 6.07) is 6.29. The van der Waals surface area contributed by atoms with Crippen LogP contribution in [0.1, 0.15) is 38.3 Å². The van der Waals surface area contributed by atoms with Crippen LogP contribution in [0.5, 0.6) is 0 Å². The molecule has 21 heavy (non-hydrogen) atoms. The second-order valence-corrected chi connectivity index (χ2v) is 6.43. The number of carbonyl (C=O) groups excluding carboxylic acids is 1. The Kier molecular flexibility index (Phi) is 5.65. The number of hydrogen-bond acceptors (Lipinski definition) is 2. The number of fused-ring (bicyclic) bond motifs is 1. The number of halogens is 1. The van der Waals surface area contributed by atoms with Gasteiger partial charge in [0.15, 0.2) is 0 Å². The van der Waals surface area contributed by atoms with Gasteiger partial charge in [-0.2, -0.15) is 0 Å². The Morgan fingerprint density at radius 2 is 2.00 bits per heavy atom. The highest BCUT2D eigenvalue weighted by Gasteiger charge is 2.34. The summed E-state index contributed by atoms with van der Waals surface area (Å²) in [5.41, 5.74) is 2.52. The zero-order valence-corrected chi connectivity index (χ0v) is 13.9. The highest BCUT2D eigenvalue weighted by molar-refractivity contribution is 6.30. The van der Waals surface area contributed by atoms with Crippen LogP contribution in [0.2, 0.25) is 5.02 Å². The number of nitrogens with one attached hydrogen (secondary N) is 1. The first-order valence-electron chi connectivity index (χ1n) is 7.85. The Bertz CT molecular complexity index is 500. The fourth-order valence-corrected chi connectivity index (χ4v) is 2.90. The predicted octanol–water partition coefficient (Wildman–Crippen LogP) is 3.25. The number of carbonyl (C=O) groups is 1. The maximum absolute atomic E-state index is 12.3. The molecule has 0 aromatic heterocycles. The molecule has 2 aliphatic rings. The summed E-state index contributed by atoms with van der Waals surface area (Å²) in [6.07, 6.45) is 2.18. The van der Waals surface area contributed by atoms with E-state index in [0.29, 0.717) is 6.54 Å². The van der Waals surface area contributed by atoms with Crippen LogP contribution in [0.25, 0.3) is 0 Å². The van der Waals surface area contributed by atoms with Crippen molar-refractivity contribution in [1.29, 1.82) is 0 Å². The normalized spacial score (nSPS) is 21.0. The summed E-state index contributed by atoms with van der Waals surface area (Å²) in [5.74, 6) is 0.458. The minimum atomic E-state index is 0.174. The summed E-state index contributed by atoms with van der Waals surface area (Å²) in [7, 11) is 0. The van der Waals surface area contributed by atoms with Crippen LogP contribution in [0.4, 0.5) is 0 Å². The molecule has 3 nitrogen and oxygen atoms in total. The topological polar surface area (TPSA) is 32.3 Å². The molecule has 1 atom stereocenters. The molecule has 0 saturated carbocycles. The zero-order valence-electron chi connectivity index (χ0n) is 13.2. The third kappa shape index (κ3) is 3.78. The van der Waals surface area contributed by atoms with E-state index < -0.39 is 0 Å². The maximum atomic E-state index is 12.3. The smallest absolute Gasteiger partial charge is 0.228 e. The van der Waals surface area contributed by atoms with Gasteiger partial charge in [-0.05, 0) is 36.6 Å². The van der Waals surface area contributed by atoms with E-state index in [1.54, 1.807) is 0 Å². The van der Waals surface area contributed by atoms with E-state index in [4.69, 9.17) is 11.6 Å². The largest absolute Gasteiger partial charge is 0.335 e. The predicted molar refractivity (Wildman–Crippen MR) is 87.5 cm³/mol. The number of nitrogens with zero attached hydrogens (tertiary/aromatic N) is 1. The maximum Gasteiger partial charge on any atom is 0.228 e. The van der Waals surface area contributed by atoms with Gasteiger partial charge in [0.2, 0.25) is 5.91 Å². The monoisotopic (exact) mass is 308 g/mol. The fraction of sp³-hybridized carbons (Fsp3) is 0.588. The van der Waals surface area contributed by atoms with Gasteiger partial charge >= 0.3 is 0 Å². The molecule has 2 heterocycles. The Morgan fingerprint density at radius 1 is 1.33 bits per heavy atom. The van der Waals surface area contributed by atoms with Crippen LogP contribution >= 0.6 is 11.6 Å². The van der Waals surface area contributed by atoms with Gasteiger partial charge in [0.25, 0.3) is 0 Å². The highest BCUT2D eigenvalue weighted by Crippen LogP contribution is 2.27. The molecule has 1 amide bonds. The average Bonchev–Trinajstić information content (AvgIpc) is 2.37. The first-order valence-corrected chi connectivity index (χ1v) is 8.23. The van der Waals surface area contributed by atoms with Crippen LogP contribution in [0, 0.1) is 5.92 Å². The van der Waals surface area contributed by atoms with E-state index in [2.05, 4.69) is 32.2 Å². The molecule has 1 aromatic rings. The van der Waals surface area contributed by atoms with Gasteiger partial charge in [0.1, 0.15) is 0 Å². The van der Waals surface area contributed by atoms with Crippen LogP contribution in [-0.4, -0.2) is 29.9 Å². The molecule has 4 heteroatoms. The van der Waals surface area contributed by atoms with Crippen LogP contribution in [0.3, 0.4) is 0 Å². The third-order valence-corrected chi connectivity index (χ3v) is 4.21. The Balaban J connectivity index is 0.000000497. The van der Waals surface area contributed by atoms with Gasteiger partial charge in [-0.15, -0.1) is 0 Å². The van der Waals surface area contributed by atoms with Crippen molar-refractivity contribution in [1.82, 2.24) is 10.2 Å². The highest BCUT2D eigenvalue weighted by atomic mass is 35.5. The third-order valence-electron chi connectivity index (χ3n) is 3.97. The van der Waals surface area contributed by atoms with Crippen molar-refractivity contribution in [2.45, 2.75) is 46.2 Å². The molecular weight excluding hydrogens is 284 g/mol. The molecule has 1 N–H and O–H groups in total. The second-order valence-electron chi connectivity index (χ2n) is 5.99. The first-order chi connectivity index (χ1) is 10.1. The van der Waals surface area contributed by atoms with Crippen molar-refractivity contribution in [3.05, 3.63) is 34.3 Å². The second kappa shape index (κ2) is 7.28. The van der Waals surface area contributed by atoms with Gasteiger partial charge in [-0.3, -0.25) is 4.79 Å². The molecule has 0 bridgehead atoms. The zero-order chi connectivity index (χ0) is 15.4. The van der Waals surface area contributed by atoms with Gasteiger partial charge in [-0.1, -0.05) is 37.9 Å². The van der Waals surface area contributed by atoms with Gasteiger partial charge in [0.05, 0.1) is 5.92 Å². The first kappa shape index (κ1) is 16.3. The lowest BCUT2D eigenvalue weighted by Crippen LogP contribution is -2.54. The molecular formula is C17H25ClN2O. The molecule has 1 unspecified atom stereocenters. The summed E-state index contributed by atoms with van der Waals surface area (Å²) in [5, 5.41) is 3.91. The Morgan fingerprint density at radius 3 is 2.57 bits per heavy atom. The molecule has 0 spiro atoms. The van der Waals surface area contributed by atoms with Crippen molar-refractivity contribution >= 4 is 17.5 Å². The van der Waals surface area contributed by atoms with Gasteiger partial charge < -0.3 is 10.2 Å². The molecule has 3 rings (SSSR count). The SMILES string of the molecule is CC1Cc2ccc(Cl)cc2CN1C(=O)C1CNC1.CCC. The summed E-state index contributed by atoms with van der Waals surface area (Å²) < 4.78 is 0. The number of benzene rings is 1. The lowest BCUT2D eigenvalue weighted by atomic mass is 9.92. The molecule has 1 fully saturated rings. The lowest BCUT2D eigenvalue weighted by molar-refractivity contribution is -0.140. The van der Waals surface area contributed by atoms with Crippen molar-refractivity contribution in [3.8, 4) is 0 Å². The summed E-state index contributed by atoms with van der Waals surface area (Å²) in [4.78, 5) is 14.3. The minimum absolute atomic E-state index is 0.174. The average molecular weight is 309 g/mol. The number of amides is 1. The summed E-state index contributed by atoms with van der Waals surface area (Å²) >= 11 is 6.03. The van der Waals surface area contributed by atoms with E-state index in [9.17, 15) is 4.79 Å². The van der Waals surface area contributed by atoms with Crippen LogP contribution < -0.4 is 5.32 Å². The number of hydrogen-bond donors (Lipinski definition) is 1. The van der Waals surface area contributed by atoms with Gasteiger partial charge in [0, 0.05) is 30.7 Å². The fourth-order valence-electron chi connectivity index (χ4n) is 2.70. The van der Waals surface area contributed by atoms with Crippen molar-refractivity contribution < 1.29 is 4.79 Å². The van der Waals surface area contributed by atoms with Crippen molar-refractivity contribution in [2.24, 2.45) is 5.92 Å². The molecule has 1 aromatic carbocycles. The molecule has 1 saturated heterocycles. The molecule has 116 valence electrons. The van der Waals surface area contributed by atoms with E-state index in [0.717, 1.165) is 24.5 Å². The van der Waals surface area contributed by atoms with Crippen LogP contribution in [0.15, 0.2) is 18.2 Å².